The highest BCUT2D eigenvalue weighted by Gasteiger charge is 2.25. The first-order valence-electron chi connectivity index (χ1n) is 8.72. The Kier molecular flexibility index (Phi) is 10.1. The largest absolute Gasteiger partial charge is 0.392 e. The Labute approximate surface area is 129 Å². The summed E-state index contributed by atoms with van der Waals surface area (Å²) in [5, 5.41) is 3.04. The molecule has 0 saturated carbocycles. The molecular weight excluding hydrogens is 266 g/mol. The summed E-state index contributed by atoms with van der Waals surface area (Å²) in [5.41, 5.74) is 0. The van der Waals surface area contributed by atoms with Gasteiger partial charge in [-0.3, -0.25) is 4.79 Å². The fraction of sp³-hybridized carbons (Fsp3) is 0.882. The Hall–Kier alpha value is -0.900. The second-order valence-electron chi connectivity index (χ2n) is 6.02. The van der Waals surface area contributed by atoms with E-state index in [9.17, 15) is 9.59 Å². The summed E-state index contributed by atoms with van der Waals surface area (Å²) in [5.74, 6) is -0.759. The van der Waals surface area contributed by atoms with Crippen LogP contribution in [0.4, 0.5) is 0 Å². The maximum atomic E-state index is 11.6. The van der Waals surface area contributed by atoms with E-state index in [1.165, 1.54) is 44.9 Å². The van der Waals surface area contributed by atoms with Crippen LogP contribution in [0.25, 0.3) is 0 Å². The van der Waals surface area contributed by atoms with Gasteiger partial charge in [-0.25, -0.2) is 4.79 Å². The number of carbonyl (C=O) groups is 2. The normalized spacial score (nSPS) is 17.9. The zero-order valence-electron chi connectivity index (χ0n) is 13.5. The van der Waals surface area contributed by atoms with Crippen LogP contribution in [0.2, 0.25) is 0 Å². The molecule has 21 heavy (non-hydrogen) atoms. The second-order valence-corrected chi connectivity index (χ2v) is 6.02. The van der Waals surface area contributed by atoms with Crippen LogP contribution in [0.1, 0.15) is 84.0 Å². The molecule has 122 valence electrons. The molecule has 0 aliphatic carbocycles. The summed E-state index contributed by atoms with van der Waals surface area (Å²) >= 11 is 0. The molecule has 0 radical (unpaired) electrons. The van der Waals surface area contributed by atoms with E-state index in [0.717, 1.165) is 32.2 Å². The monoisotopic (exact) mass is 297 g/mol. The molecule has 1 rings (SSSR count). The quantitative estimate of drug-likeness (QED) is 0.359. The van der Waals surface area contributed by atoms with Gasteiger partial charge in [-0.1, -0.05) is 58.3 Å². The number of nitrogens with one attached hydrogen (secondary N) is 1. The van der Waals surface area contributed by atoms with E-state index in [2.05, 4.69) is 12.2 Å². The summed E-state index contributed by atoms with van der Waals surface area (Å²) in [6.45, 7) is 3.07. The van der Waals surface area contributed by atoms with Crippen LogP contribution in [0, 0.1) is 0 Å². The topological polar surface area (TPSA) is 55.4 Å². The molecule has 0 aromatic carbocycles. The predicted molar refractivity (Wildman–Crippen MR) is 84.0 cm³/mol. The Morgan fingerprint density at radius 3 is 2.19 bits per heavy atom. The molecule has 1 atom stereocenters. The molecule has 1 aliphatic heterocycles. The summed E-state index contributed by atoms with van der Waals surface area (Å²) in [7, 11) is 0. The lowest BCUT2D eigenvalue weighted by Crippen LogP contribution is -2.33. The second kappa shape index (κ2) is 11.7. The van der Waals surface area contributed by atoms with Gasteiger partial charge in [0.2, 0.25) is 0 Å². The molecule has 0 aromatic rings. The van der Waals surface area contributed by atoms with Crippen molar-refractivity contribution >= 4 is 11.9 Å². The highest BCUT2D eigenvalue weighted by atomic mass is 16.6. The lowest BCUT2D eigenvalue weighted by Gasteiger charge is -2.08. The summed E-state index contributed by atoms with van der Waals surface area (Å²) in [4.78, 5) is 23.2. The molecule has 4 heteroatoms. The Morgan fingerprint density at radius 2 is 1.62 bits per heavy atom. The predicted octanol–water partition coefficient (Wildman–Crippen LogP) is 3.73. The number of ether oxygens (including phenoxy) is 1. The standard InChI is InChI=1S/C17H31NO3/c1-2-3-4-5-6-7-8-9-10-13-16(19)21-17(20)15-12-11-14-18-15/h15,18H,2-14H2,1H3/t15-/m1/s1. The zero-order chi connectivity index (χ0) is 15.3. The van der Waals surface area contributed by atoms with Gasteiger partial charge in [0.1, 0.15) is 6.04 Å². The van der Waals surface area contributed by atoms with E-state index in [4.69, 9.17) is 4.74 Å². The van der Waals surface area contributed by atoms with Gasteiger partial charge < -0.3 is 10.1 Å². The molecule has 0 bridgehead atoms. The number of rotatable bonds is 11. The maximum Gasteiger partial charge on any atom is 0.330 e. The third-order valence-electron chi connectivity index (χ3n) is 4.04. The molecule has 1 heterocycles. The van der Waals surface area contributed by atoms with E-state index in [1.54, 1.807) is 0 Å². The lowest BCUT2D eigenvalue weighted by molar-refractivity contribution is -0.161. The average Bonchev–Trinajstić information content (AvgIpc) is 3.00. The SMILES string of the molecule is CCCCCCCCCCCC(=O)OC(=O)[C@H]1CCCN1. The van der Waals surface area contributed by atoms with E-state index in [0.29, 0.717) is 6.42 Å². The van der Waals surface area contributed by atoms with Crippen molar-refractivity contribution in [2.45, 2.75) is 90.0 Å². The third kappa shape index (κ3) is 8.86. The summed E-state index contributed by atoms with van der Waals surface area (Å²) in [6, 6.07) is -0.267. The Morgan fingerprint density at radius 1 is 1.00 bits per heavy atom. The van der Waals surface area contributed by atoms with Gasteiger partial charge in [0.05, 0.1) is 0 Å². The highest BCUT2D eigenvalue weighted by molar-refractivity contribution is 5.88. The average molecular weight is 297 g/mol. The van der Waals surface area contributed by atoms with E-state index < -0.39 is 5.97 Å². The first kappa shape index (κ1) is 18.1. The van der Waals surface area contributed by atoms with Crippen LogP contribution in [0.15, 0.2) is 0 Å². The van der Waals surface area contributed by atoms with Crippen molar-refractivity contribution in [3.05, 3.63) is 0 Å². The number of hydrogen-bond acceptors (Lipinski definition) is 4. The van der Waals surface area contributed by atoms with Crippen molar-refractivity contribution in [1.82, 2.24) is 5.32 Å². The first-order valence-corrected chi connectivity index (χ1v) is 8.72. The van der Waals surface area contributed by atoms with Gasteiger partial charge in [-0.2, -0.15) is 0 Å². The Balaban J connectivity index is 1.90. The van der Waals surface area contributed by atoms with Crippen LogP contribution in [0.5, 0.6) is 0 Å². The van der Waals surface area contributed by atoms with Crippen LogP contribution < -0.4 is 5.32 Å². The van der Waals surface area contributed by atoms with Gasteiger partial charge in [-0.15, -0.1) is 0 Å². The molecule has 0 aromatic heterocycles. The Bertz CT molecular complexity index is 298. The third-order valence-corrected chi connectivity index (χ3v) is 4.04. The minimum absolute atomic E-state index is 0.267. The van der Waals surface area contributed by atoms with Gasteiger partial charge in [0, 0.05) is 6.42 Å². The van der Waals surface area contributed by atoms with E-state index >= 15 is 0 Å². The molecule has 0 amide bonds. The molecule has 0 spiro atoms. The molecular formula is C17H31NO3. The minimum atomic E-state index is -0.395. The maximum absolute atomic E-state index is 11.6. The van der Waals surface area contributed by atoms with Crippen molar-refractivity contribution in [3.8, 4) is 0 Å². The van der Waals surface area contributed by atoms with E-state index in [1.807, 2.05) is 0 Å². The fourth-order valence-electron chi connectivity index (χ4n) is 2.70. The number of hydrogen-bond donors (Lipinski definition) is 1. The van der Waals surface area contributed by atoms with Crippen LogP contribution in [0.3, 0.4) is 0 Å². The molecule has 1 saturated heterocycles. The first-order chi connectivity index (χ1) is 10.2. The van der Waals surface area contributed by atoms with Crippen LogP contribution in [-0.4, -0.2) is 24.5 Å². The highest BCUT2D eigenvalue weighted by Crippen LogP contribution is 2.11. The smallest absolute Gasteiger partial charge is 0.330 e. The number of esters is 2. The van der Waals surface area contributed by atoms with Crippen molar-refractivity contribution in [2.75, 3.05) is 6.54 Å². The van der Waals surface area contributed by atoms with Crippen LogP contribution >= 0.6 is 0 Å². The minimum Gasteiger partial charge on any atom is -0.392 e. The number of unbranched alkanes of at least 4 members (excludes halogenated alkanes) is 8. The van der Waals surface area contributed by atoms with Crippen LogP contribution in [-0.2, 0) is 14.3 Å². The van der Waals surface area contributed by atoms with Crippen molar-refractivity contribution in [3.63, 3.8) is 0 Å². The molecule has 4 nitrogen and oxygen atoms in total. The van der Waals surface area contributed by atoms with E-state index in [-0.39, 0.29) is 12.0 Å². The molecule has 1 fully saturated rings. The van der Waals surface area contributed by atoms with Crippen molar-refractivity contribution in [2.24, 2.45) is 0 Å². The number of carbonyl (C=O) groups excluding carboxylic acids is 2. The van der Waals surface area contributed by atoms with Gasteiger partial charge in [-0.05, 0) is 25.8 Å². The van der Waals surface area contributed by atoms with Gasteiger partial charge in [0.15, 0.2) is 0 Å². The molecule has 1 N–H and O–H groups in total. The fourth-order valence-corrected chi connectivity index (χ4v) is 2.70. The zero-order valence-corrected chi connectivity index (χ0v) is 13.5. The van der Waals surface area contributed by atoms with Crippen molar-refractivity contribution < 1.29 is 14.3 Å². The summed E-state index contributed by atoms with van der Waals surface area (Å²) < 4.78 is 4.87. The van der Waals surface area contributed by atoms with Crippen molar-refractivity contribution in [1.29, 1.82) is 0 Å². The lowest BCUT2D eigenvalue weighted by atomic mass is 10.1. The summed E-state index contributed by atoms with van der Waals surface area (Å²) in [6.07, 6.45) is 13.1. The molecule has 1 aliphatic rings. The molecule has 0 unspecified atom stereocenters. The van der Waals surface area contributed by atoms with Gasteiger partial charge >= 0.3 is 11.9 Å². The van der Waals surface area contributed by atoms with Gasteiger partial charge in [0.25, 0.3) is 0 Å².